The summed E-state index contributed by atoms with van der Waals surface area (Å²) in [6.45, 7) is -0.269. The second kappa shape index (κ2) is 4.69. The van der Waals surface area contributed by atoms with Crippen LogP contribution in [0, 0.1) is 0 Å². The Morgan fingerprint density at radius 2 is 2.00 bits per heavy atom. The normalized spacial score (nSPS) is 11.6. The number of nitrogens with zero attached hydrogens (tertiary/aromatic N) is 1. The number of aromatic nitrogens is 2. The molecule has 0 radical (unpaired) electrons. The molecule has 0 amide bonds. The molecule has 0 aliphatic heterocycles. The van der Waals surface area contributed by atoms with Gasteiger partial charge in [-0.3, -0.25) is 0 Å². The Morgan fingerprint density at radius 1 is 1.28 bits per heavy atom. The third-order valence-electron chi connectivity index (χ3n) is 2.17. The van der Waals surface area contributed by atoms with Crippen molar-refractivity contribution in [1.29, 1.82) is 0 Å². The number of halogens is 3. The van der Waals surface area contributed by atoms with E-state index < -0.39 is 6.36 Å². The van der Waals surface area contributed by atoms with E-state index >= 15 is 0 Å². The molecule has 0 unspecified atom stereocenters. The van der Waals surface area contributed by atoms with E-state index in [1.54, 1.807) is 6.07 Å². The zero-order valence-corrected chi connectivity index (χ0v) is 9.03. The molecule has 2 N–H and O–H groups in total. The summed E-state index contributed by atoms with van der Waals surface area (Å²) in [5.74, 6) is -0.136. The number of rotatable bonds is 3. The minimum Gasteiger partial charge on any atom is -0.405 e. The summed E-state index contributed by atoms with van der Waals surface area (Å²) in [7, 11) is 0. The highest BCUT2D eigenvalue weighted by atomic mass is 19.4. The highest BCUT2D eigenvalue weighted by molar-refractivity contribution is 5.64. The average molecular weight is 258 g/mol. The van der Waals surface area contributed by atoms with Gasteiger partial charge in [0.25, 0.3) is 0 Å². The first-order chi connectivity index (χ1) is 8.49. The lowest BCUT2D eigenvalue weighted by atomic mass is 10.2. The smallest absolute Gasteiger partial charge is 0.405 e. The minimum absolute atomic E-state index is 0.175. The molecule has 0 fully saturated rings. The van der Waals surface area contributed by atoms with E-state index in [1.165, 1.54) is 24.4 Å². The van der Waals surface area contributed by atoms with E-state index in [0.29, 0.717) is 5.69 Å². The van der Waals surface area contributed by atoms with Crippen LogP contribution >= 0.6 is 0 Å². The zero-order chi connectivity index (χ0) is 13.2. The first-order valence-electron chi connectivity index (χ1n) is 4.99. The molecule has 0 aliphatic rings. The number of imidazole rings is 1. The molecule has 0 spiro atoms. The number of aliphatic hydroxyl groups is 1. The van der Waals surface area contributed by atoms with Crippen molar-refractivity contribution < 1.29 is 23.0 Å². The van der Waals surface area contributed by atoms with Gasteiger partial charge in [-0.05, 0) is 12.1 Å². The first-order valence-corrected chi connectivity index (χ1v) is 4.99. The molecule has 0 bridgehead atoms. The van der Waals surface area contributed by atoms with Gasteiger partial charge in [0, 0.05) is 0 Å². The third kappa shape index (κ3) is 2.80. The van der Waals surface area contributed by atoms with Crippen molar-refractivity contribution in [2.75, 3.05) is 0 Å². The van der Waals surface area contributed by atoms with Gasteiger partial charge in [-0.1, -0.05) is 12.1 Å². The van der Waals surface area contributed by atoms with Crippen LogP contribution in [-0.4, -0.2) is 21.4 Å². The molecular weight excluding hydrogens is 249 g/mol. The van der Waals surface area contributed by atoms with Crippen molar-refractivity contribution in [2.24, 2.45) is 0 Å². The Hall–Kier alpha value is -2.02. The average Bonchev–Trinajstić information content (AvgIpc) is 2.76. The van der Waals surface area contributed by atoms with E-state index in [1.807, 2.05) is 0 Å². The van der Waals surface area contributed by atoms with Crippen molar-refractivity contribution >= 4 is 0 Å². The van der Waals surface area contributed by atoms with Gasteiger partial charge in [-0.2, -0.15) is 0 Å². The molecule has 1 aromatic heterocycles. The third-order valence-corrected chi connectivity index (χ3v) is 2.17. The Morgan fingerprint density at radius 3 is 2.61 bits per heavy atom. The maximum Gasteiger partial charge on any atom is 0.573 e. The molecule has 1 heterocycles. The molecule has 2 rings (SSSR count). The number of nitrogens with one attached hydrogen (secondary N) is 1. The van der Waals surface area contributed by atoms with Gasteiger partial charge in [0.1, 0.15) is 11.6 Å². The summed E-state index contributed by atoms with van der Waals surface area (Å²) < 4.78 is 40.6. The molecule has 96 valence electrons. The van der Waals surface area contributed by atoms with E-state index in [2.05, 4.69) is 14.7 Å². The predicted octanol–water partition coefficient (Wildman–Crippen LogP) is 2.47. The summed E-state index contributed by atoms with van der Waals surface area (Å²) >= 11 is 0. The quantitative estimate of drug-likeness (QED) is 0.889. The lowest BCUT2D eigenvalue weighted by molar-refractivity contribution is -0.274. The van der Waals surface area contributed by atoms with Gasteiger partial charge in [-0.25, -0.2) is 4.98 Å². The van der Waals surface area contributed by atoms with Crippen LogP contribution in [0.4, 0.5) is 13.2 Å². The fourth-order valence-corrected chi connectivity index (χ4v) is 1.45. The van der Waals surface area contributed by atoms with Crippen LogP contribution < -0.4 is 4.74 Å². The molecule has 1 aromatic carbocycles. The SMILES string of the molecule is OCc1cnc(-c2ccccc2OC(F)(F)F)[nH]1. The van der Waals surface area contributed by atoms with Crippen molar-refractivity contribution in [2.45, 2.75) is 13.0 Å². The summed E-state index contributed by atoms with van der Waals surface area (Å²) in [5, 5.41) is 8.87. The summed E-state index contributed by atoms with van der Waals surface area (Å²) in [5.41, 5.74) is 0.585. The van der Waals surface area contributed by atoms with E-state index in [4.69, 9.17) is 5.11 Å². The second-order valence-corrected chi connectivity index (χ2v) is 3.46. The van der Waals surface area contributed by atoms with Gasteiger partial charge in [0.2, 0.25) is 0 Å². The Kier molecular flexibility index (Phi) is 3.24. The number of hydrogen-bond donors (Lipinski definition) is 2. The molecule has 2 aromatic rings. The van der Waals surface area contributed by atoms with Gasteiger partial charge < -0.3 is 14.8 Å². The topological polar surface area (TPSA) is 58.1 Å². The van der Waals surface area contributed by atoms with Crippen LogP contribution in [0.5, 0.6) is 5.75 Å². The zero-order valence-electron chi connectivity index (χ0n) is 9.03. The fraction of sp³-hybridized carbons (Fsp3) is 0.182. The maximum atomic E-state index is 12.2. The number of H-pyrrole nitrogens is 1. The molecular formula is C11H9F3N2O2. The monoisotopic (exact) mass is 258 g/mol. The highest BCUT2D eigenvalue weighted by Crippen LogP contribution is 2.31. The van der Waals surface area contributed by atoms with E-state index in [9.17, 15) is 13.2 Å². The molecule has 0 atom stereocenters. The van der Waals surface area contributed by atoms with Crippen LogP contribution in [-0.2, 0) is 6.61 Å². The lowest BCUT2D eigenvalue weighted by Gasteiger charge is -2.11. The van der Waals surface area contributed by atoms with Crippen LogP contribution in [0.15, 0.2) is 30.5 Å². The van der Waals surface area contributed by atoms with Crippen LogP contribution in [0.3, 0.4) is 0 Å². The Labute approximate surface area is 100 Å². The predicted molar refractivity (Wildman–Crippen MR) is 56.6 cm³/mol. The van der Waals surface area contributed by atoms with Crippen LogP contribution in [0.2, 0.25) is 0 Å². The second-order valence-electron chi connectivity index (χ2n) is 3.46. The number of aromatic amines is 1. The van der Waals surface area contributed by atoms with Gasteiger partial charge >= 0.3 is 6.36 Å². The van der Waals surface area contributed by atoms with Crippen molar-refractivity contribution in [3.8, 4) is 17.1 Å². The number of aliphatic hydroxyl groups excluding tert-OH is 1. The number of para-hydroxylation sites is 1. The summed E-state index contributed by atoms with van der Waals surface area (Å²) in [6, 6.07) is 5.64. The van der Waals surface area contributed by atoms with Crippen molar-refractivity contribution in [1.82, 2.24) is 9.97 Å². The molecule has 18 heavy (non-hydrogen) atoms. The van der Waals surface area contributed by atoms with Crippen LogP contribution in [0.1, 0.15) is 5.69 Å². The van der Waals surface area contributed by atoms with E-state index in [0.717, 1.165) is 0 Å². The van der Waals surface area contributed by atoms with Gasteiger partial charge in [-0.15, -0.1) is 13.2 Å². The van der Waals surface area contributed by atoms with Crippen molar-refractivity contribution in [3.63, 3.8) is 0 Å². The van der Waals surface area contributed by atoms with E-state index in [-0.39, 0.29) is 23.7 Å². The van der Waals surface area contributed by atoms with Gasteiger partial charge in [0.05, 0.1) is 24.1 Å². The molecule has 0 saturated carbocycles. The molecule has 4 nitrogen and oxygen atoms in total. The summed E-state index contributed by atoms with van der Waals surface area (Å²) in [4.78, 5) is 6.58. The molecule has 7 heteroatoms. The maximum absolute atomic E-state index is 12.2. The number of alkyl halides is 3. The largest absolute Gasteiger partial charge is 0.573 e. The lowest BCUT2D eigenvalue weighted by Crippen LogP contribution is -2.17. The first kappa shape index (κ1) is 12.4. The number of benzene rings is 1. The van der Waals surface area contributed by atoms with Crippen LogP contribution in [0.25, 0.3) is 11.4 Å². The fourth-order valence-electron chi connectivity index (χ4n) is 1.45. The highest BCUT2D eigenvalue weighted by Gasteiger charge is 2.32. The van der Waals surface area contributed by atoms with Crippen molar-refractivity contribution in [3.05, 3.63) is 36.2 Å². The standard InChI is InChI=1S/C11H9F3N2O2/c12-11(13,14)18-9-4-2-1-3-8(9)10-15-5-7(6-17)16-10/h1-5,17H,6H2,(H,15,16). The number of ether oxygens (including phenoxy) is 1. The Balaban J connectivity index is 2.38. The van der Waals surface area contributed by atoms with Gasteiger partial charge in [0.15, 0.2) is 0 Å². The summed E-state index contributed by atoms with van der Waals surface area (Å²) in [6.07, 6.45) is -3.41. The Bertz CT molecular complexity index is 537. The number of hydrogen-bond acceptors (Lipinski definition) is 3. The minimum atomic E-state index is -4.76. The molecule has 0 aliphatic carbocycles. The molecule has 0 saturated heterocycles.